The molecular formula is C14H20Cl2N2O2. The number of nitrogens with one attached hydrogen (secondary N) is 2. The summed E-state index contributed by atoms with van der Waals surface area (Å²) in [5, 5.41) is 6.98. The molecule has 2 unspecified atom stereocenters. The second-order valence-electron chi connectivity index (χ2n) is 4.89. The third-order valence-corrected chi connectivity index (χ3v) is 3.60. The molecule has 6 heteroatoms. The molecule has 0 radical (unpaired) electrons. The third-order valence-electron chi connectivity index (χ3n) is 3.37. The topological polar surface area (TPSA) is 50.4 Å². The summed E-state index contributed by atoms with van der Waals surface area (Å²) in [6.07, 6.45) is 1.90. The van der Waals surface area contributed by atoms with Crippen molar-refractivity contribution in [1.29, 1.82) is 0 Å². The number of carbonyl (C=O) groups excluding carboxylic acids is 1. The molecule has 1 aromatic rings. The van der Waals surface area contributed by atoms with Crippen LogP contribution in [0.25, 0.3) is 0 Å². The minimum atomic E-state index is -0.104. The van der Waals surface area contributed by atoms with Crippen LogP contribution >= 0.6 is 24.0 Å². The molecule has 1 aromatic carbocycles. The van der Waals surface area contributed by atoms with Crippen molar-refractivity contribution in [2.75, 3.05) is 13.7 Å². The lowest BCUT2D eigenvalue weighted by Gasteiger charge is -2.28. The molecule has 112 valence electrons. The number of benzene rings is 1. The zero-order chi connectivity index (χ0) is 13.8. The zero-order valence-electron chi connectivity index (χ0n) is 11.6. The van der Waals surface area contributed by atoms with E-state index in [1.165, 1.54) is 7.11 Å². The Morgan fingerprint density at radius 3 is 2.90 bits per heavy atom. The first kappa shape index (κ1) is 17.1. The Morgan fingerprint density at radius 2 is 2.25 bits per heavy atom. The van der Waals surface area contributed by atoms with Gasteiger partial charge in [-0.2, -0.15) is 0 Å². The fourth-order valence-electron chi connectivity index (χ4n) is 2.38. The third kappa shape index (κ3) is 4.27. The lowest BCUT2D eigenvalue weighted by molar-refractivity contribution is 0.0922. The van der Waals surface area contributed by atoms with Crippen LogP contribution in [0.2, 0.25) is 5.02 Å². The molecule has 2 rings (SSSR count). The van der Waals surface area contributed by atoms with Crippen molar-refractivity contribution in [3.05, 3.63) is 28.8 Å². The molecule has 4 nitrogen and oxygen atoms in total. The highest BCUT2D eigenvalue weighted by atomic mass is 35.5. The van der Waals surface area contributed by atoms with Gasteiger partial charge in [-0.05, 0) is 44.5 Å². The maximum Gasteiger partial charge on any atom is 0.255 e. The molecule has 0 aromatic heterocycles. The van der Waals surface area contributed by atoms with Gasteiger partial charge in [0.05, 0.1) is 12.7 Å². The molecule has 0 saturated carbocycles. The summed E-state index contributed by atoms with van der Waals surface area (Å²) in [7, 11) is 1.54. The Morgan fingerprint density at radius 1 is 1.50 bits per heavy atom. The van der Waals surface area contributed by atoms with Crippen LogP contribution in [0.1, 0.15) is 30.1 Å². The van der Waals surface area contributed by atoms with E-state index in [4.69, 9.17) is 16.3 Å². The van der Waals surface area contributed by atoms with Crippen molar-refractivity contribution in [1.82, 2.24) is 10.6 Å². The predicted octanol–water partition coefficient (Wildman–Crippen LogP) is 2.64. The monoisotopic (exact) mass is 318 g/mol. The van der Waals surface area contributed by atoms with Crippen LogP contribution < -0.4 is 15.4 Å². The quantitative estimate of drug-likeness (QED) is 0.900. The van der Waals surface area contributed by atoms with Crippen molar-refractivity contribution in [3.8, 4) is 5.75 Å². The van der Waals surface area contributed by atoms with Crippen molar-refractivity contribution in [2.45, 2.75) is 31.8 Å². The summed E-state index contributed by atoms with van der Waals surface area (Å²) >= 11 is 5.89. The summed E-state index contributed by atoms with van der Waals surface area (Å²) in [6.45, 7) is 3.06. The Labute approximate surface area is 130 Å². The van der Waals surface area contributed by atoms with Crippen LogP contribution in [0.3, 0.4) is 0 Å². The lowest BCUT2D eigenvalue weighted by Crippen LogP contribution is -2.46. The molecule has 2 atom stereocenters. The molecule has 1 aliphatic rings. The van der Waals surface area contributed by atoms with Gasteiger partial charge in [-0.15, -0.1) is 12.4 Å². The average Bonchev–Trinajstić information content (AvgIpc) is 2.38. The van der Waals surface area contributed by atoms with E-state index in [9.17, 15) is 4.79 Å². The zero-order valence-corrected chi connectivity index (χ0v) is 13.2. The van der Waals surface area contributed by atoms with Gasteiger partial charge < -0.3 is 15.4 Å². The molecule has 1 saturated heterocycles. The van der Waals surface area contributed by atoms with Gasteiger partial charge in [0.15, 0.2) is 0 Å². The van der Waals surface area contributed by atoms with Gasteiger partial charge in [0, 0.05) is 17.1 Å². The second kappa shape index (κ2) is 7.72. The normalized spacial score (nSPS) is 21.8. The van der Waals surface area contributed by atoms with Gasteiger partial charge in [0.2, 0.25) is 0 Å². The number of piperidine rings is 1. The summed E-state index contributed by atoms with van der Waals surface area (Å²) in [6, 6.07) is 5.70. The van der Waals surface area contributed by atoms with E-state index in [0.29, 0.717) is 22.4 Å². The molecule has 0 spiro atoms. The Balaban J connectivity index is 0.00000200. The summed E-state index contributed by atoms with van der Waals surface area (Å²) in [4.78, 5) is 12.3. The van der Waals surface area contributed by atoms with Gasteiger partial charge in [-0.1, -0.05) is 11.6 Å². The van der Waals surface area contributed by atoms with E-state index in [2.05, 4.69) is 17.6 Å². The van der Waals surface area contributed by atoms with E-state index < -0.39 is 0 Å². The second-order valence-corrected chi connectivity index (χ2v) is 5.33. The van der Waals surface area contributed by atoms with Crippen molar-refractivity contribution >= 4 is 29.9 Å². The Kier molecular flexibility index (Phi) is 6.59. The number of halogens is 2. The van der Waals surface area contributed by atoms with Crippen molar-refractivity contribution in [3.63, 3.8) is 0 Å². The summed E-state index contributed by atoms with van der Waals surface area (Å²) in [5.74, 6) is 0.402. The van der Waals surface area contributed by atoms with E-state index in [0.717, 1.165) is 19.4 Å². The molecule has 0 aliphatic carbocycles. The van der Waals surface area contributed by atoms with E-state index in [-0.39, 0.29) is 24.4 Å². The predicted molar refractivity (Wildman–Crippen MR) is 83.2 cm³/mol. The molecule has 1 heterocycles. The van der Waals surface area contributed by atoms with Gasteiger partial charge in [0.25, 0.3) is 5.91 Å². The Hall–Kier alpha value is -0.970. The number of rotatable bonds is 3. The first-order valence-corrected chi connectivity index (χ1v) is 6.85. The molecule has 1 amide bonds. The van der Waals surface area contributed by atoms with Crippen molar-refractivity contribution in [2.24, 2.45) is 0 Å². The smallest absolute Gasteiger partial charge is 0.255 e. The SMILES string of the molecule is COc1cc(Cl)ccc1C(=O)NC1CCNC(C)C1.Cl. The van der Waals surface area contributed by atoms with E-state index >= 15 is 0 Å². The highest BCUT2D eigenvalue weighted by Gasteiger charge is 2.21. The van der Waals surface area contributed by atoms with Crippen LogP contribution in [0, 0.1) is 0 Å². The average molecular weight is 319 g/mol. The molecule has 2 N–H and O–H groups in total. The minimum absolute atomic E-state index is 0. The maximum atomic E-state index is 12.3. The highest BCUT2D eigenvalue weighted by Crippen LogP contribution is 2.23. The fraction of sp³-hybridized carbons (Fsp3) is 0.500. The van der Waals surface area contributed by atoms with Crippen LogP contribution in [0.5, 0.6) is 5.75 Å². The first-order valence-electron chi connectivity index (χ1n) is 6.48. The van der Waals surface area contributed by atoms with E-state index in [1.807, 2.05) is 0 Å². The number of hydrogen-bond acceptors (Lipinski definition) is 3. The standard InChI is InChI=1S/C14H19ClN2O2.ClH/c1-9-7-11(5-6-16-9)17-14(18)12-4-3-10(15)8-13(12)19-2;/h3-4,8-9,11,16H,5-7H2,1-2H3,(H,17,18);1H. The number of hydrogen-bond donors (Lipinski definition) is 2. The minimum Gasteiger partial charge on any atom is -0.496 e. The van der Waals surface area contributed by atoms with Gasteiger partial charge >= 0.3 is 0 Å². The number of carbonyl (C=O) groups is 1. The summed E-state index contributed by atoms with van der Waals surface area (Å²) < 4.78 is 5.20. The van der Waals surface area contributed by atoms with E-state index in [1.54, 1.807) is 18.2 Å². The molecule has 20 heavy (non-hydrogen) atoms. The molecule has 1 fully saturated rings. The molecular weight excluding hydrogens is 299 g/mol. The van der Waals surface area contributed by atoms with Gasteiger partial charge in [-0.3, -0.25) is 4.79 Å². The largest absolute Gasteiger partial charge is 0.496 e. The van der Waals surface area contributed by atoms with Crippen LogP contribution in [-0.4, -0.2) is 31.6 Å². The Bertz CT molecular complexity index is 468. The van der Waals surface area contributed by atoms with Crippen LogP contribution in [-0.2, 0) is 0 Å². The van der Waals surface area contributed by atoms with Crippen LogP contribution in [0.15, 0.2) is 18.2 Å². The molecule has 1 aliphatic heterocycles. The van der Waals surface area contributed by atoms with Gasteiger partial charge in [-0.25, -0.2) is 0 Å². The van der Waals surface area contributed by atoms with Gasteiger partial charge in [0.1, 0.15) is 5.75 Å². The number of methoxy groups -OCH3 is 1. The lowest BCUT2D eigenvalue weighted by atomic mass is 10.00. The highest BCUT2D eigenvalue weighted by molar-refractivity contribution is 6.30. The summed E-state index contributed by atoms with van der Waals surface area (Å²) in [5.41, 5.74) is 0.526. The first-order chi connectivity index (χ1) is 9.10. The fourth-order valence-corrected chi connectivity index (χ4v) is 2.54. The van der Waals surface area contributed by atoms with Crippen LogP contribution in [0.4, 0.5) is 0 Å². The molecule has 0 bridgehead atoms. The number of ether oxygens (including phenoxy) is 1. The number of amides is 1. The maximum absolute atomic E-state index is 12.3. The van der Waals surface area contributed by atoms with Crippen molar-refractivity contribution < 1.29 is 9.53 Å².